The van der Waals surface area contributed by atoms with Crippen molar-refractivity contribution in [3.8, 4) is 0 Å². The first-order valence-corrected chi connectivity index (χ1v) is 6.55. The molecule has 0 spiro atoms. The lowest BCUT2D eigenvalue weighted by molar-refractivity contribution is -0.126. The van der Waals surface area contributed by atoms with Gasteiger partial charge in [-0.1, -0.05) is 23.7 Å². The van der Waals surface area contributed by atoms with Gasteiger partial charge >= 0.3 is 0 Å². The maximum atomic E-state index is 13.0. The number of nitrogens with two attached hydrogens (primary N) is 1. The van der Waals surface area contributed by atoms with Crippen molar-refractivity contribution in [2.45, 2.75) is 12.1 Å². The molecule has 1 saturated heterocycles. The quantitative estimate of drug-likeness (QED) is 0.865. The van der Waals surface area contributed by atoms with E-state index in [-0.39, 0.29) is 17.8 Å². The molecule has 1 heterocycles. The molecule has 2 aromatic carbocycles. The molecule has 20 heavy (non-hydrogen) atoms. The fourth-order valence-electron chi connectivity index (χ4n) is 2.42. The fourth-order valence-corrected chi connectivity index (χ4v) is 2.54. The van der Waals surface area contributed by atoms with Crippen LogP contribution in [0.5, 0.6) is 0 Å². The molecule has 0 saturated carbocycles. The Morgan fingerprint density at radius 1 is 1.05 bits per heavy atom. The average Bonchev–Trinajstić information content (AvgIpc) is 2.46. The molecule has 0 bridgehead atoms. The summed E-state index contributed by atoms with van der Waals surface area (Å²) in [6, 6.07) is 12.2. The van der Waals surface area contributed by atoms with Gasteiger partial charge in [-0.2, -0.15) is 0 Å². The molecule has 1 fully saturated rings. The van der Waals surface area contributed by atoms with E-state index in [2.05, 4.69) is 0 Å². The van der Waals surface area contributed by atoms with Gasteiger partial charge in [0.1, 0.15) is 11.9 Å². The summed E-state index contributed by atoms with van der Waals surface area (Å²) in [6.07, 6.45) is 0. The number of rotatable bonds is 2. The third-order valence-electron chi connectivity index (χ3n) is 3.46. The van der Waals surface area contributed by atoms with Gasteiger partial charge < -0.3 is 10.6 Å². The molecule has 2 N–H and O–H groups in total. The number of benzene rings is 2. The van der Waals surface area contributed by atoms with E-state index >= 15 is 0 Å². The lowest BCUT2D eigenvalue weighted by atomic mass is 9.88. The van der Waals surface area contributed by atoms with Crippen LogP contribution < -0.4 is 10.6 Å². The van der Waals surface area contributed by atoms with E-state index < -0.39 is 6.04 Å². The van der Waals surface area contributed by atoms with Gasteiger partial charge in [0.15, 0.2) is 0 Å². The summed E-state index contributed by atoms with van der Waals surface area (Å²) in [5, 5.41) is 0.626. The topological polar surface area (TPSA) is 46.3 Å². The molecule has 1 aliphatic heterocycles. The van der Waals surface area contributed by atoms with E-state index in [4.69, 9.17) is 17.3 Å². The highest BCUT2D eigenvalue weighted by Gasteiger charge is 2.46. The molecule has 1 aliphatic rings. The maximum absolute atomic E-state index is 13.0. The zero-order valence-corrected chi connectivity index (χ0v) is 11.2. The zero-order valence-electron chi connectivity index (χ0n) is 10.5. The Bertz CT molecular complexity index is 642. The van der Waals surface area contributed by atoms with Crippen LogP contribution in [-0.2, 0) is 4.79 Å². The Morgan fingerprint density at radius 2 is 1.65 bits per heavy atom. The van der Waals surface area contributed by atoms with Crippen molar-refractivity contribution in [1.29, 1.82) is 0 Å². The molecule has 2 aromatic rings. The number of β-lactam (4-membered cyclic amide) rings is 1. The smallest absolute Gasteiger partial charge is 0.247 e. The Kier molecular flexibility index (Phi) is 3.20. The standard InChI is InChI=1S/C15H12ClFN2O/c16-10-3-1-9(2-4-10)14-13(18)15(20)19(14)12-7-5-11(17)6-8-12/h1-8,13-14H,18H2/t13-,14-/m0/s1. The summed E-state index contributed by atoms with van der Waals surface area (Å²) in [5.41, 5.74) is 7.44. The zero-order chi connectivity index (χ0) is 14.3. The number of amides is 1. The summed E-state index contributed by atoms with van der Waals surface area (Å²) in [5.74, 6) is -0.509. The van der Waals surface area contributed by atoms with Gasteiger partial charge in [-0.05, 0) is 42.0 Å². The normalized spacial score (nSPS) is 21.8. The Balaban J connectivity index is 1.95. The highest BCUT2D eigenvalue weighted by atomic mass is 35.5. The molecule has 0 radical (unpaired) electrons. The first-order chi connectivity index (χ1) is 9.58. The molecule has 5 heteroatoms. The van der Waals surface area contributed by atoms with Crippen LogP contribution in [0.1, 0.15) is 11.6 Å². The third kappa shape index (κ3) is 2.07. The van der Waals surface area contributed by atoms with Crippen molar-refractivity contribution in [2.24, 2.45) is 5.73 Å². The Hall–Kier alpha value is -1.91. The molecular formula is C15H12ClFN2O. The van der Waals surface area contributed by atoms with E-state index in [0.29, 0.717) is 10.7 Å². The Morgan fingerprint density at radius 3 is 2.25 bits per heavy atom. The summed E-state index contributed by atoms with van der Waals surface area (Å²) < 4.78 is 13.0. The SMILES string of the molecule is N[C@@H]1C(=O)N(c2ccc(F)cc2)[C@H]1c1ccc(Cl)cc1. The van der Waals surface area contributed by atoms with Crippen LogP contribution in [0.3, 0.4) is 0 Å². The molecule has 0 unspecified atom stereocenters. The van der Waals surface area contributed by atoms with Crippen LogP contribution in [0.25, 0.3) is 0 Å². The summed E-state index contributed by atoms with van der Waals surface area (Å²) in [7, 11) is 0. The van der Waals surface area contributed by atoms with Crippen molar-refractivity contribution in [1.82, 2.24) is 0 Å². The summed E-state index contributed by atoms with van der Waals surface area (Å²) >= 11 is 5.86. The third-order valence-corrected chi connectivity index (χ3v) is 3.71. The number of hydrogen-bond acceptors (Lipinski definition) is 2. The second kappa shape index (κ2) is 4.89. The lowest BCUT2D eigenvalue weighted by Gasteiger charge is -2.45. The van der Waals surface area contributed by atoms with E-state index in [1.165, 1.54) is 12.1 Å². The fraction of sp³-hybridized carbons (Fsp3) is 0.133. The second-order valence-electron chi connectivity index (χ2n) is 4.71. The molecule has 0 aromatic heterocycles. The van der Waals surface area contributed by atoms with Gasteiger partial charge in [0.25, 0.3) is 0 Å². The van der Waals surface area contributed by atoms with E-state index in [1.807, 2.05) is 12.1 Å². The highest BCUT2D eigenvalue weighted by molar-refractivity contribution is 6.30. The number of carbonyl (C=O) groups excluding carboxylic acids is 1. The van der Waals surface area contributed by atoms with Crippen molar-refractivity contribution in [3.05, 3.63) is 64.9 Å². The average molecular weight is 291 g/mol. The minimum atomic E-state index is -0.582. The van der Waals surface area contributed by atoms with Crippen molar-refractivity contribution < 1.29 is 9.18 Å². The van der Waals surface area contributed by atoms with Gasteiger partial charge in [0.05, 0.1) is 6.04 Å². The molecule has 3 nitrogen and oxygen atoms in total. The van der Waals surface area contributed by atoms with Crippen LogP contribution >= 0.6 is 11.6 Å². The first-order valence-electron chi connectivity index (χ1n) is 6.17. The molecular weight excluding hydrogens is 279 g/mol. The number of nitrogens with zero attached hydrogens (tertiary/aromatic N) is 1. The number of anilines is 1. The molecule has 102 valence electrons. The number of carbonyl (C=O) groups is 1. The second-order valence-corrected chi connectivity index (χ2v) is 5.14. The van der Waals surface area contributed by atoms with Crippen molar-refractivity contribution >= 4 is 23.2 Å². The van der Waals surface area contributed by atoms with Crippen molar-refractivity contribution in [3.63, 3.8) is 0 Å². The van der Waals surface area contributed by atoms with Gasteiger partial charge in [-0.3, -0.25) is 4.79 Å². The van der Waals surface area contributed by atoms with Gasteiger partial charge in [-0.15, -0.1) is 0 Å². The van der Waals surface area contributed by atoms with Crippen molar-refractivity contribution in [2.75, 3.05) is 4.90 Å². The van der Waals surface area contributed by atoms with Crippen LogP contribution in [-0.4, -0.2) is 11.9 Å². The van der Waals surface area contributed by atoms with Crippen LogP contribution in [0.2, 0.25) is 5.02 Å². The number of halogens is 2. The van der Waals surface area contributed by atoms with E-state index in [1.54, 1.807) is 29.2 Å². The predicted molar refractivity (Wildman–Crippen MR) is 76.1 cm³/mol. The summed E-state index contributed by atoms with van der Waals surface area (Å²) in [4.78, 5) is 13.6. The minimum absolute atomic E-state index is 0.170. The van der Waals surface area contributed by atoms with Crippen LogP contribution in [0.4, 0.5) is 10.1 Å². The van der Waals surface area contributed by atoms with Gasteiger partial charge in [0, 0.05) is 10.7 Å². The number of hydrogen-bond donors (Lipinski definition) is 1. The highest BCUT2D eigenvalue weighted by Crippen LogP contribution is 2.38. The van der Waals surface area contributed by atoms with E-state index in [0.717, 1.165) is 5.56 Å². The molecule has 1 amide bonds. The summed E-state index contributed by atoms with van der Waals surface area (Å²) in [6.45, 7) is 0. The lowest BCUT2D eigenvalue weighted by Crippen LogP contribution is -2.63. The maximum Gasteiger partial charge on any atom is 0.247 e. The molecule has 0 aliphatic carbocycles. The molecule has 3 rings (SSSR count). The minimum Gasteiger partial charge on any atom is -0.318 e. The monoisotopic (exact) mass is 290 g/mol. The van der Waals surface area contributed by atoms with Gasteiger partial charge in [0.2, 0.25) is 5.91 Å². The van der Waals surface area contributed by atoms with Gasteiger partial charge in [-0.25, -0.2) is 4.39 Å². The predicted octanol–water partition coefficient (Wildman–Crippen LogP) is 2.89. The largest absolute Gasteiger partial charge is 0.318 e. The molecule has 2 atom stereocenters. The van der Waals surface area contributed by atoms with Crippen LogP contribution in [0.15, 0.2) is 48.5 Å². The van der Waals surface area contributed by atoms with Crippen LogP contribution in [0, 0.1) is 5.82 Å². The Labute approximate surface area is 120 Å². The van der Waals surface area contributed by atoms with E-state index in [9.17, 15) is 9.18 Å². The first kappa shape index (κ1) is 13.1.